The molecule has 6 nitrogen and oxygen atoms in total. The quantitative estimate of drug-likeness (QED) is 0.835. The second-order valence-electron chi connectivity index (χ2n) is 5.58. The summed E-state index contributed by atoms with van der Waals surface area (Å²) >= 11 is 3.23. The number of halogens is 1. The number of hydrogen-bond acceptors (Lipinski definition) is 5. The van der Waals surface area contributed by atoms with Crippen molar-refractivity contribution in [3.8, 4) is 0 Å². The average molecular weight is 378 g/mol. The standard InChI is InChI=1S/C13H20BrN3O3S/c1-13(2,17-3-5-20-6-4-17)10-16-21(18,19)12-7-11(14)8-15-9-12/h7-9,16H,3-6,10H2,1-2H3. The van der Waals surface area contributed by atoms with Crippen LogP contribution in [0.3, 0.4) is 0 Å². The van der Waals surface area contributed by atoms with Crippen molar-refractivity contribution < 1.29 is 13.2 Å². The second kappa shape index (κ2) is 6.70. The molecule has 2 rings (SSSR count). The minimum Gasteiger partial charge on any atom is -0.379 e. The van der Waals surface area contributed by atoms with Crippen LogP contribution in [0.1, 0.15) is 13.8 Å². The van der Waals surface area contributed by atoms with Gasteiger partial charge in [-0.2, -0.15) is 0 Å². The molecule has 2 heterocycles. The molecule has 0 saturated carbocycles. The van der Waals surface area contributed by atoms with Crippen LogP contribution in [0.4, 0.5) is 0 Å². The fourth-order valence-electron chi connectivity index (χ4n) is 2.17. The van der Waals surface area contributed by atoms with Gasteiger partial charge in [-0.3, -0.25) is 9.88 Å². The molecule has 1 fully saturated rings. The van der Waals surface area contributed by atoms with E-state index in [0.717, 1.165) is 13.1 Å². The van der Waals surface area contributed by atoms with Crippen molar-refractivity contribution in [3.05, 3.63) is 22.9 Å². The van der Waals surface area contributed by atoms with Gasteiger partial charge in [-0.05, 0) is 35.8 Å². The summed E-state index contributed by atoms with van der Waals surface area (Å²) in [5.74, 6) is 0. The van der Waals surface area contributed by atoms with E-state index >= 15 is 0 Å². The van der Waals surface area contributed by atoms with Crippen LogP contribution in [0.25, 0.3) is 0 Å². The maximum Gasteiger partial charge on any atom is 0.242 e. The Balaban J connectivity index is 2.03. The Bertz CT molecular complexity index is 586. The van der Waals surface area contributed by atoms with E-state index in [1.54, 1.807) is 6.20 Å². The Morgan fingerprint density at radius 1 is 1.38 bits per heavy atom. The molecule has 0 amide bonds. The molecule has 0 aromatic carbocycles. The maximum atomic E-state index is 12.3. The number of rotatable bonds is 5. The van der Waals surface area contributed by atoms with Gasteiger partial charge < -0.3 is 4.74 Å². The monoisotopic (exact) mass is 377 g/mol. The van der Waals surface area contributed by atoms with E-state index < -0.39 is 10.0 Å². The highest BCUT2D eigenvalue weighted by Crippen LogP contribution is 2.18. The molecule has 1 aromatic rings. The molecular formula is C13H20BrN3O3S. The van der Waals surface area contributed by atoms with E-state index in [-0.39, 0.29) is 10.4 Å². The minimum absolute atomic E-state index is 0.162. The van der Waals surface area contributed by atoms with E-state index in [0.29, 0.717) is 24.2 Å². The van der Waals surface area contributed by atoms with Crippen molar-refractivity contribution in [1.82, 2.24) is 14.6 Å². The molecule has 0 atom stereocenters. The smallest absolute Gasteiger partial charge is 0.242 e. The van der Waals surface area contributed by atoms with Gasteiger partial charge in [0, 0.05) is 42.0 Å². The molecule has 21 heavy (non-hydrogen) atoms. The first kappa shape index (κ1) is 16.8. The molecule has 1 aromatic heterocycles. The molecule has 1 saturated heterocycles. The number of sulfonamides is 1. The largest absolute Gasteiger partial charge is 0.379 e. The predicted molar refractivity (Wildman–Crippen MR) is 83.6 cm³/mol. The molecular weight excluding hydrogens is 358 g/mol. The molecule has 118 valence electrons. The SMILES string of the molecule is CC(C)(CNS(=O)(=O)c1cncc(Br)c1)N1CCOCC1. The highest BCUT2D eigenvalue weighted by atomic mass is 79.9. The van der Waals surface area contributed by atoms with E-state index in [1.807, 2.05) is 13.8 Å². The van der Waals surface area contributed by atoms with Gasteiger partial charge in [0.05, 0.1) is 13.2 Å². The van der Waals surface area contributed by atoms with Crippen LogP contribution in [-0.4, -0.2) is 56.7 Å². The summed E-state index contributed by atoms with van der Waals surface area (Å²) in [7, 11) is -3.56. The summed E-state index contributed by atoms with van der Waals surface area (Å²) in [4.78, 5) is 6.29. The fraction of sp³-hybridized carbons (Fsp3) is 0.615. The van der Waals surface area contributed by atoms with Crippen LogP contribution >= 0.6 is 15.9 Å². The average Bonchev–Trinajstić information content (AvgIpc) is 2.46. The molecule has 1 N–H and O–H groups in total. The van der Waals surface area contributed by atoms with Crippen LogP contribution in [0.15, 0.2) is 27.8 Å². The third-order valence-electron chi connectivity index (χ3n) is 3.55. The zero-order chi connectivity index (χ0) is 15.5. The molecule has 0 radical (unpaired) electrons. The first-order valence-electron chi connectivity index (χ1n) is 6.74. The summed E-state index contributed by atoms with van der Waals surface area (Å²) in [6, 6.07) is 1.54. The van der Waals surface area contributed by atoms with Crippen molar-refractivity contribution in [3.63, 3.8) is 0 Å². The molecule has 0 unspecified atom stereocenters. The van der Waals surface area contributed by atoms with Gasteiger partial charge in [-0.25, -0.2) is 13.1 Å². The maximum absolute atomic E-state index is 12.3. The van der Waals surface area contributed by atoms with Crippen molar-refractivity contribution in [2.24, 2.45) is 0 Å². The lowest BCUT2D eigenvalue weighted by Crippen LogP contribution is -2.55. The van der Waals surface area contributed by atoms with E-state index in [4.69, 9.17) is 4.74 Å². The van der Waals surface area contributed by atoms with Crippen LogP contribution < -0.4 is 4.72 Å². The van der Waals surface area contributed by atoms with Gasteiger partial charge >= 0.3 is 0 Å². The third kappa shape index (κ3) is 4.46. The van der Waals surface area contributed by atoms with Gasteiger partial charge in [0.1, 0.15) is 4.90 Å². The van der Waals surface area contributed by atoms with Crippen molar-refractivity contribution in [2.75, 3.05) is 32.8 Å². The third-order valence-corrected chi connectivity index (χ3v) is 5.35. The Labute approximate surface area is 134 Å². The number of morpholine rings is 1. The van der Waals surface area contributed by atoms with Crippen molar-refractivity contribution in [1.29, 1.82) is 0 Å². The van der Waals surface area contributed by atoms with Gasteiger partial charge in [0.25, 0.3) is 0 Å². The van der Waals surface area contributed by atoms with Gasteiger partial charge in [0.2, 0.25) is 10.0 Å². The summed E-state index contributed by atoms with van der Waals surface area (Å²) in [6.07, 6.45) is 2.89. The highest BCUT2D eigenvalue weighted by Gasteiger charge is 2.30. The number of pyridine rings is 1. The predicted octanol–water partition coefficient (Wildman–Crippen LogP) is 1.23. The van der Waals surface area contributed by atoms with Gasteiger partial charge in [-0.1, -0.05) is 0 Å². The van der Waals surface area contributed by atoms with E-state index in [2.05, 4.69) is 30.5 Å². The van der Waals surface area contributed by atoms with Crippen LogP contribution in [0.2, 0.25) is 0 Å². The highest BCUT2D eigenvalue weighted by molar-refractivity contribution is 9.10. The zero-order valence-corrected chi connectivity index (χ0v) is 14.6. The summed E-state index contributed by atoms with van der Waals surface area (Å²) in [5, 5.41) is 0. The van der Waals surface area contributed by atoms with Gasteiger partial charge in [0.15, 0.2) is 0 Å². The molecule has 0 aliphatic carbocycles. The van der Waals surface area contributed by atoms with E-state index in [1.165, 1.54) is 12.3 Å². The fourth-order valence-corrected chi connectivity index (χ4v) is 3.88. The normalized spacial score (nSPS) is 17.9. The zero-order valence-electron chi connectivity index (χ0n) is 12.2. The lowest BCUT2D eigenvalue weighted by Gasteiger charge is -2.40. The number of ether oxygens (including phenoxy) is 1. The number of aromatic nitrogens is 1. The first-order chi connectivity index (χ1) is 9.81. The molecule has 0 spiro atoms. The Morgan fingerprint density at radius 3 is 2.67 bits per heavy atom. The van der Waals surface area contributed by atoms with Crippen molar-refractivity contribution in [2.45, 2.75) is 24.3 Å². The lowest BCUT2D eigenvalue weighted by atomic mass is 10.0. The lowest BCUT2D eigenvalue weighted by molar-refractivity contribution is -0.00803. The van der Waals surface area contributed by atoms with Crippen LogP contribution in [-0.2, 0) is 14.8 Å². The molecule has 0 bridgehead atoms. The summed E-state index contributed by atoms with van der Waals surface area (Å²) < 4.78 is 33.2. The Kier molecular flexibility index (Phi) is 5.37. The first-order valence-corrected chi connectivity index (χ1v) is 9.02. The summed E-state index contributed by atoms with van der Waals surface area (Å²) in [6.45, 7) is 7.39. The van der Waals surface area contributed by atoms with E-state index in [9.17, 15) is 8.42 Å². The number of nitrogens with zero attached hydrogens (tertiary/aromatic N) is 2. The molecule has 1 aliphatic rings. The minimum atomic E-state index is -3.56. The summed E-state index contributed by atoms with van der Waals surface area (Å²) in [5.41, 5.74) is -0.268. The molecule has 1 aliphatic heterocycles. The molecule has 8 heteroatoms. The Morgan fingerprint density at radius 2 is 2.05 bits per heavy atom. The number of nitrogens with one attached hydrogen (secondary N) is 1. The van der Waals surface area contributed by atoms with Gasteiger partial charge in [-0.15, -0.1) is 0 Å². The van der Waals surface area contributed by atoms with Crippen LogP contribution in [0.5, 0.6) is 0 Å². The topological polar surface area (TPSA) is 71.5 Å². The van der Waals surface area contributed by atoms with Crippen molar-refractivity contribution >= 4 is 26.0 Å². The second-order valence-corrected chi connectivity index (χ2v) is 8.26. The van der Waals surface area contributed by atoms with Crippen LogP contribution in [0, 0.1) is 0 Å². The Hall–Kier alpha value is -0.540. The number of hydrogen-bond donors (Lipinski definition) is 1.